The number of nitrogens with zero attached hydrogens (tertiary/aromatic N) is 2. The number of hydrogen-bond acceptors (Lipinski definition) is 3. The molecule has 0 amide bonds. The molecular formula is C14H27N3O. The smallest absolute Gasteiger partial charge is 0.0644 e. The Kier molecular flexibility index (Phi) is 5.35. The van der Waals surface area contributed by atoms with E-state index in [1.807, 2.05) is 11.7 Å². The zero-order valence-electron chi connectivity index (χ0n) is 12.7. The third kappa shape index (κ3) is 3.33. The highest BCUT2D eigenvalue weighted by Crippen LogP contribution is 2.22. The van der Waals surface area contributed by atoms with Crippen LogP contribution in [0.1, 0.15) is 43.8 Å². The SMILES string of the molecule is COCC(NC(C)c1c(C)nn(C)c1C)C(C)C. The van der Waals surface area contributed by atoms with E-state index in [0.717, 1.165) is 12.3 Å². The van der Waals surface area contributed by atoms with Crippen molar-refractivity contribution >= 4 is 0 Å². The van der Waals surface area contributed by atoms with Gasteiger partial charge in [0.2, 0.25) is 0 Å². The van der Waals surface area contributed by atoms with Crippen LogP contribution in [0, 0.1) is 19.8 Å². The average Bonchev–Trinajstić information content (AvgIpc) is 2.52. The number of ether oxygens (including phenoxy) is 1. The first-order chi connectivity index (χ1) is 8.38. The normalized spacial score (nSPS) is 15.1. The van der Waals surface area contributed by atoms with Crippen LogP contribution < -0.4 is 5.32 Å². The van der Waals surface area contributed by atoms with Crippen LogP contribution in [0.3, 0.4) is 0 Å². The minimum absolute atomic E-state index is 0.293. The van der Waals surface area contributed by atoms with E-state index in [1.165, 1.54) is 11.3 Å². The monoisotopic (exact) mass is 253 g/mol. The molecule has 0 saturated heterocycles. The molecule has 1 rings (SSSR count). The van der Waals surface area contributed by atoms with Gasteiger partial charge in [-0.05, 0) is 26.7 Å². The van der Waals surface area contributed by atoms with Crippen LogP contribution in [-0.2, 0) is 11.8 Å². The first kappa shape index (κ1) is 15.2. The molecule has 0 aliphatic carbocycles. The first-order valence-electron chi connectivity index (χ1n) is 6.63. The zero-order chi connectivity index (χ0) is 13.9. The summed E-state index contributed by atoms with van der Waals surface area (Å²) in [5, 5.41) is 8.13. The Morgan fingerprint density at radius 1 is 1.28 bits per heavy atom. The summed E-state index contributed by atoms with van der Waals surface area (Å²) in [7, 11) is 3.75. The Morgan fingerprint density at radius 2 is 1.89 bits per heavy atom. The second-order valence-electron chi connectivity index (χ2n) is 5.40. The summed E-state index contributed by atoms with van der Waals surface area (Å²) in [5.41, 5.74) is 3.64. The predicted molar refractivity (Wildman–Crippen MR) is 74.7 cm³/mol. The summed E-state index contributed by atoms with van der Waals surface area (Å²) < 4.78 is 7.23. The van der Waals surface area contributed by atoms with Crippen molar-refractivity contribution < 1.29 is 4.74 Å². The number of aromatic nitrogens is 2. The van der Waals surface area contributed by atoms with E-state index in [9.17, 15) is 0 Å². The maximum atomic E-state index is 5.28. The van der Waals surface area contributed by atoms with Gasteiger partial charge < -0.3 is 10.1 Å². The first-order valence-corrected chi connectivity index (χ1v) is 6.63. The van der Waals surface area contributed by atoms with Gasteiger partial charge in [0.1, 0.15) is 0 Å². The maximum Gasteiger partial charge on any atom is 0.0644 e. The summed E-state index contributed by atoms with van der Waals surface area (Å²) >= 11 is 0. The molecule has 0 spiro atoms. The molecule has 2 atom stereocenters. The zero-order valence-corrected chi connectivity index (χ0v) is 12.7. The Morgan fingerprint density at radius 3 is 2.28 bits per heavy atom. The van der Waals surface area contributed by atoms with Gasteiger partial charge in [0, 0.05) is 37.5 Å². The van der Waals surface area contributed by atoms with Gasteiger partial charge in [0.05, 0.1) is 12.3 Å². The van der Waals surface area contributed by atoms with Crippen molar-refractivity contribution in [2.24, 2.45) is 13.0 Å². The molecule has 0 aromatic carbocycles. The molecule has 0 bridgehead atoms. The molecule has 1 N–H and O–H groups in total. The van der Waals surface area contributed by atoms with Crippen LogP contribution in [0.25, 0.3) is 0 Å². The Balaban J connectivity index is 2.83. The molecule has 1 heterocycles. The second-order valence-corrected chi connectivity index (χ2v) is 5.40. The van der Waals surface area contributed by atoms with Crippen molar-refractivity contribution in [2.45, 2.75) is 46.7 Å². The van der Waals surface area contributed by atoms with Gasteiger partial charge in [0.15, 0.2) is 0 Å². The van der Waals surface area contributed by atoms with Gasteiger partial charge in [-0.2, -0.15) is 5.10 Å². The topological polar surface area (TPSA) is 39.1 Å². The highest BCUT2D eigenvalue weighted by Gasteiger charge is 2.21. The lowest BCUT2D eigenvalue weighted by atomic mass is 10.0. The van der Waals surface area contributed by atoms with Crippen molar-refractivity contribution in [3.8, 4) is 0 Å². The quantitative estimate of drug-likeness (QED) is 0.846. The number of methoxy groups -OCH3 is 1. The van der Waals surface area contributed by atoms with E-state index in [1.54, 1.807) is 7.11 Å². The lowest BCUT2D eigenvalue weighted by molar-refractivity contribution is 0.141. The number of hydrogen-bond donors (Lipinski definition) is 1. The van der Waals surface area contributed by atoms with E-state index in [-0.39, 0.29) is 0 Å². The lowest BCUT2D eigenvalue weighted by Crippen LogP contribution is -2.39. The van der Waals surface area contributed by atoms with Gasteiger partial charge in [-0.3, -0.25) is 4.68 Å². The molecule has 4 nitrogen and oxygen atoms in total. The van der Waals surface area contributed by atoms with Crippen molar-refractivity contribution in [1.29, 1.82) is 0 Å². The Labute approximate surface area is 111 Å². The summed E-state index contributed by atoms with van der Waals surface area (Å²) in [6, 6.07) is 0.658. The van der Waals surface area contributed by atoms with Crippen LogP contribution in [0.15, 0.2) is 0 Å². The van der Waals surface area contributed by atoms with E-state index < -0.39 is 0 Å². The lowest BCUT2D eigenvalue weighted by Gasteiger charge is -2.26. The second kappa shape index (κ2) is 6.34. The summed E-state index contributed by atoms with van der Waals surface area (Å²) in [4.78, 5) is 0. The average molecular weight is 253 g/mol. The molecule has 1 aromatic heterocycles. The molecule has 4 heteroatoms. The van der Waals surface area contributed by atoms with Crippen molar-refractivity contribution in [1.82, 2.24) is 15.1 Å². The summed E-state index contributed by atoms with van der Waals surface area (Å²) in [6.07, 6.45) is 0. The van der Waals surface area contributed by atoms with E-state index in [4.69, 9.17) is 4.74 Å². The van der Waals surface area contributed by atoms with Crippen molar-refractivity contribution in [3.05, 3.63) is 17.0 Å². The van der Waals surface area contributed by atoms with E-state index in [0.29, 0.717) is 18.0 Å². The van der Waals surface area contributed by atoms with Gasteiger partial charge in [-0.1, -0.05) is 13.8 Å². The van der Waals surface area contributed by atoms with Crippen LogP contribution >= 0.6 is 0 Å². The minimum atomic E-state index is 0.293. The van der Waals surface area contributed by atoms with Gasteiger partial charge >= 0.3 is 0 Å². The van der Waals surface area contributed by atoms with Crippen LogP contribution in [0.2, 0.25) is 0 Å². The van der Waals surface area contributed by atoms with E-state index >= 15 is 0 Å². The standard InChI is InChI=1S/C14H27N3O/c1-9(2)13(8-18-7)15-10(3)14-11(4)16-17(6)12(14)5/h9-10,13,15H,8H2,1-7H3. The fraction of sp³-hybridized carbons (Fsp3) is 0.786. The molecule has 0 aliphatic rings. The van der Waals surface area contributed by atoms with E-state index in [2.05, 4.69) is 45.0 Å². The largest absolute Gasteiger partial charge is 0.383 e. The highest BCUT2D eigenvalue weighted by atomic mass is 16.5. The van der Waals surface area contributed by atoms with Crippen LogP contribution in [0.4, 0.5) is 0 Å². The molecular weight excluding hydrogens is 226 g/mol. The molecule has 0 saturated carbocycles. The number of aryl methyl sites for hydroxylation is 2. The fourth-order valence-corrected chi connectivity index (χ4v) is 2.43. The summed E-state index contributed by atoms with van der Waals surface area (Å²) in [6.45, 7) is 11.6. The molecule has 2 unspecified atom stereocenters. The Hall–Kier alpha value is -0.870. The molecule has 104 valence electrons. The van der Waals surface area contributed by atoms with Gasteiger partial charge in [0.25, 0.3) is 0 Å². The fourth-order valence-electron chi connectivity index (χ4n) is 2.43. The van der Waals surface area contributed by atoms with Crippen molar-refractivity contribution in [3.63, 3.8) is 0 Å². The number of rotatable bonds is 6. The molecule has 0 fully saturated rings. The molecule has 18 heavy (non-hydrogen) atoms. The van der Waals surface area contributed by atoms with Gasteiger partial charge in [-0.25, -0.2) is 0 Å². The number of nitrogens with one attached hydrogen (secondary N) is 1. The third-order valence-electron chi connectivity index (χ3n) is 3.61. The highest BCUT2D eigenvalue weighted by molar-refractivity contribution is 5.27. The minimum Gasteiger partial charge on any atom is -0.383 e. The molecule has 0 radical (unpaired) electrons. The van der Waals surface area contributed by atoms with Crippen LogP contribution in [-0.4, -0.2) is 29.5 Å². The molecule has 1 aromatic rings. The molecule has 0 aliphatic heterocycles. The summed E-state index contributed by atoms with van der Waals surface area (Å²) in [5.74, 6) is 0.546. The third-order valence-corrected chi connectivity index (χ3v) is 3.61. The van der Waals surface area contributed by atoms with Crippen LogP contribution in [0.5, 0.6) is 0 Å². The maximum absolute atomic E-state index is 5.28. The van der Waals surface area contributed by atoms with Crippen molar-refractivity contribution in [2.75, 3.05) is 13.7 Å². The predicted octanol–water partition coefficient (Wildman–Crippen LogP) is 2.36. The Bertz CT molecular complexity index is 385. The van der Waals surface area contributed by atoms with Gasteiger partial charge in [-0.15, -0.1) is 0 Å².